The fourth-order valence-electron chi connectivity index (χ4n) is 4.45. The Kier molecular flexibility index (Phi) is 8.84. The Hall–Kier alpha value is -4.48. The Balaban J connectivity index is 1.22. The minimum atomic E-state index is -0.245. The first-order valence-electron chi connectivity index (χ1n) is 13.2. The van der Waals surface area contributed by atoms with Crippen LogP contribution in [0.25, 0.3) is 10.9 Å². The van der Waals surface area contributed by atoms with E-state index in [2.05, 4.69) is 30.5 Å². The van der Waals surface area contributed by atoms with Crippen molar-refractivity contribution in [2.75, 3.05) is 62.9 Å². The Labute approximate surface area is 232 Å². The van der Waals surface area contributed by atoms with Crippen molar-refractivity contribution in [3.8, 4) is 11.5 Å². The highest BCUT2D eigenvalue weighted by Gasteiger charge is 2.14. The second kappa shape index (κ2) is 13.0. The number of nitrogens with zero attached hydrogens (tertiary/aromatic N) is 4. The van der Waals surface area contributed by atoms with Crippen LogP contribution in [0.15, 0.2) is 61.2 Å². The highest BCUT2D eigenvalue weighted by Crippen LogP contribution is 2.34. The van der Waals surface area contributed by atoms with Crippen LogP contribution in [0, 0.1) is 0 Å². The lowest BCUT2D eigenvalue weighted by Crippen LogP contribution is -2.37. The number of nitrogens with one attached hydrogen (secondary N) is 2. The standard InChI is InChI=1S/C29H33N7O4/c1-38-26-16-25-22(15-27(26)40-12-2-9-36-10-13-39-14-11-36)28(34-19-33-25)32-17-20-3-5-21(6-4-20)29(37)35-24-7-8-31-18-23(24)30/h3-8,15-16,18-19H,2,9-14,17,30H2,1H3,(H,31,35,37)(H,32,33,34). The number of nitrogen functional groups attached to an aromatic ring is 1. The van der Waals surface area contributed by atoms with Gasteiger partial charge in [0.2, 0.25) is 0 Å². The zero-order chi connectivity index (χ0) is 27.7. The summed E-state index contributed by atoms with van der Waals surface area (Å²) < 4.78 is 17.1. The van der Waals surface area contributed by atoms with Crippen molar-refractivity contribution in [1.29, 1.82) is 0 Å². The normalized spacial score (nSPS) is 13.6. The summed E-state index contributed by atoms with van der Waals surface area (Å²) in [6.45, 7) is 5.54. The van der Waals surface area contributed by atoms with E-state index in [4.69, 9.17) is 19.9 Å². The van der Waals surface area contributed by atoms with Gasteiger partial charge in [-0.2, -0.15) is 0 Å². The smallest absolute Gasteiger partial charge is 0.255 e. The molecule has 0 saturated carbocycles. The van der Waals surface area contributed by atoms with Gasteiger partial charge >= 0.3 is 0 Å². The van der Waals surface area contributed by atoms with Gasteiger partial charge in [-0.1, -0.05) is 12.1 Å². The molecule has 1 aliphatic heterocycles. The van der Waals surface area contributed by atoms with Crippen LogP contribution in [-0.4, -0.2) is 72.3 Å². The molecule has 4 N–H and O–H groups in total. The quantitative estimate of drug-likeness (QED) is 0.241. The summed E-state index contributed by atoms with van der Waals surface area (Å²) in [5.74, 6) is 1.72. The summed E-state index contributed by atoms with van der Waals surface area (Å²) in [6.07, 6.45) is 5.50. The van der Waals surface area contributed by atoms with E-state index in [1.54, 1.807) is 31.5 Å². The third kappa shape index (κ3) is 6.74. The summed E-state index contributed by atoms with van der Waals surface area (Å²) >= 11 is 0. The monoisotopic (exact) mass is 543 g/mol. The molecule has 1 amide bonds. The Morgan fingerprint density at radius 2 is 1.93 bits per heavy atom. The molecule has 4 aromatic rings. The zero-order valence-electron chi connectivity index (χ0n) is 22.4. The number of pyridine rings is 1. The van der Waals surface area contributed by atoms with E-state index >= 15 is 0 Å². The Bertz CT molecular complexity index is 1440. The minimum absolute atomic E-state index is 0.245. The molecule has 0 unspecified atom stereocenters. The van der Waals surface area contributed by atoms with Crippen molar-refractivity contribution in [3.05, 3.63) is 72.3 Å². The molecule has 11 nitrogen and oxygen atoms in total. The van der Waals surface area contributed by atoms with Crippen LogP contribution in [-0.2, 0) is 11.3 Å². The number of hydrogen-bond donors (Lipinski definition) is 3. The molecular weight excluding hydrogens is 510 g/mol. The predicted molar refractivity (Wildman–Crippen MR) is 154 cm³/mol. The number of aromatic nitrogens is 3. The molecule has 11 heteroatoms. The summed E-state index contributed by atoms with van der Waals surface area (Å²) in [5, 5.41) is 7.02. The van der Waals surface area contributed by atoms with Gasteiger partial charge in [-0.25, -0.2) is 9.97 Å². The molecule has 2 aromatic heterocycles. The Morgan fingerprint density at radius 3 is 2.70 bits per heavy atom. The topological polar surface area (TPSA) is 137 Å². The van der Waals surface area contributed by atoms with Crippen molar-refractivity contribution < 1.29 is 19.0 Å². The number of fused-ring (bicyclic) bond motifs is 1. The number of anilines is 3. The molecule has 2 aromatic carbocycles. The van der Waals surface area contributed by atoms with Crippen molar-refractivity contribution in [2.24, 2.45) is 0 Å². The lowest BCUT2D eigenvalue weighted by Gasteiger charge is -2.26. The van der Waals surface area contributed by atoms with E-state index in [-0.39, 0.29) is 5.91 Å². The maximum Gasteiger partial charge on any atom is 0.255 e. The number of morpholine rings is 1. The molecule has 40 heavy (non-hydrogen) atoms. The predicted octanol–water partition coefficient (Wildman–Crippen LogP) is 3.58. The maximum absolute atomic E-state index is 12.6. The molecule has 1 fully saturated rings. The first-order valence-corrected chi connectivity index (χ1v) is 13.2. The third-order valence-corrected chi connectivity index (χ3v) is 6.68. The van der Waals surface area contributed by atoms with Crippen molar-refractivity contribution in [1.82, 2.24) is 19.9 Å². The lowest BCUT2D eigenvalue weighted by molar-refractivity contribution is 0.0357. The number of carbonyl (C=O) groups excluding carboxylic acids is 1. The van der Waals surface area contributed by atoms with Crippen LogP contribution in [0.4, 0.5) is 17.2 Å². The first-order chi connectivity index (χ1) is 19.6. The van der Waals surface area contributed by atoms with E-state index in [9.17, 15) is 4.79 Å². The molecule has 0 bridgehead atoms. The molecule has 0 spiro atoms. The number of hydrogen-bond acceptors (Lipinski definition) is 10. The molecule has 208 valence electrons. The fraction of sp³-hybridized carbons (Fsp3) is 0.310. The highest BCUT2D eigenvalue weighted by molar-refractivity contribution is 6.05. The summed E-state index contributed by atoms with van der Waals surface area (Å²) in [7, 11) is 1.62. The van der Waals surface area contributed by atoms with Gasteiger partial charge in [-0.15, -0.1) is 0 Å². The zero-order valence-corrected chi connectivity index (χ0v) is 22.4. The summed E-state index contributed by atoms with van der Waals surface area (Å²) in [5.41, 5.74) is 9.07. The van der Waals surface area contributed by atoms with Crippen LogP contribution in [0.2, 0.25) is 0 Å². The second-order valence-corrected chi connectivity index (χ2v) is 9.37. The number of ether oxygens (including phenoxy) is 3. The number of rotatable bonds is 11. The summed E-state index contributed by atoms with van der Waals surface area (Å²) in [4.78, 5) is 27.8. The van der Waals surface area contributed by atoms with E-state index in [0.29, 0.717) is 47.4 Å². The molecular formula is C29H33N7O4. The van der Waals surface area contributed by atoms with Crippen molar-refractivity contribution in [3.63, 3.8) is 0 Å². The van der Waals surface area contributed by atoms with Crippen LogP contribution < -0.4 is 25.8 Å². The van der Waals surface area contributed by atoms with Crippen LogP contribution >= 0.6 is 0 Å². The highest BCUT2D eigenvalue weighted by atomic mass is 16.5. The number of carbonyl (C=O) groups is 1. The Morgan fingerprint density at radius 1 is 1.10 bits per heavy atom. The van der Waals surface area contributed by atoms with Gasteiger partial charge in [-0.3, -0.25) is 14.7 Å². The summed E-state index contributed by atoms with van der Waals surface area (Å²) in [6, 6.07) is 12.8. The van der Waals surface area contributed by atoms with Gasteiger partial charge in [0.15, 0.2) is 11.5 Å². The van der Waals surface area contributed by atoms with Gasteiger partial charge in [0, 0.05) is 49.4 Å². The van der Waals surface area contributed by atoms with Crippen LogP contribution in [0.5, 0.6) is 11.5 Å². The van der Waals surface area contributed by atoms with Gasteiger partial charge in [0.05, 0.1) is 50.0 Å². The van der Waals surface area contributed by atoms with E-state index in [1.165, 1.54) is 12.5 Å². The number of amides is 1. The van der Waals surface area contributed by atoms with Crippen LogP contribution in [0.1, 0.15) is 22.3 Å². The van der Waals surface area contributed by atoms with E-state index in [1.807, 2.05) is 24.3 Å². The number of benzene rings is 2. The molecule has 0 aliphatic carbocycles. The van der Waals surface area contributed by atoms with E-state index < -0.39 is 0 Å². The SMILES string of the molecule is COc1cc2ncnc(NCc3ccc(C(=O)Nc4ccncc4N)cc3)c2cc1OCCCN1CCOCC1. The van der Waals surface area contributed by atoms with Gasteiger partial charge in [0.1, 0.15) is 12.1 Å². The lowest BCUT2D eigenvalue weighted by atomic mass is 10.1. The third-order valence-electron chi connectivity index (χ3n) is 6.68. The first kappa shape index (κ1) is 27.1. The average molecular weight is 544 g/mol. The van der Waals surface area contributed by atoms with Crippen LogP contribution in [0.3, 0.4) is 0 Å². The largest absolute Gasteiger partial charge is 0.493 e. The molecule has 1 saturated heterocycles. The number of methoxy groups -OCH3 is 1. The van der Waals surface area contributed by atoms with Gasteiger partial charge in [-0.05, 0) is 36.2 Å². The minimum Gasteiger partial charge on any atom is -0.493 e. The average Bonchev–Trinajstić information content (AvgIpc) is 2.99. The molecule has 5 rings (SSSR count). The van der Waals surface area contributed by atoms with Crippen molar-refractivity contribution >= 4 is 34.0 Å². The second-order valence-electron chi connectivity index (χ2n) is 9.37. The molecule has 0 atom stereocenters. The van der Waals surface area contributed by atoms with Crippen molar-refractivity contribution in [2.45, 2.75) is 13.0 Å². The van der Waals surface area contributed by atoms with Gasteiger partial charge in [0.25, 0.3) is 5.91 Å². The van der Waals surface area contributed by atoms with E-state index in [0.717, 1.165) is 55.7 Å². The molecule has 0 radical (unpaired) electrons. The number of nitrogens with two attached hydrogens (primary N) is 1. The fourth-order valence-corrected chi connectivity index (χ4v) is 4.45. The van der Waals surface area contributed by atoms with Gasteiger partial charge < -0.3 is 30.6 Å². The molecule has 3 heterocycles. The maximum atomic E-state index is 12.6. The molecule has 1 aliphatic rings.